The molecule has 0 aliphatic heterocycles. The van der Waals surface area contributed by atoms with Gasteiger partial charge in [-0.15, -0.1) is 0 Å². The van der Waals surface area contributed by atoms with Crippen LogP contribution < -0.4 is 5.56 Å². The molecular weight excluding hydrogens is 192 g/mol. The third kappa shape index (κ3) is 1.70. The number of aromatic nitrogens is 2. The molecule has 4 heteroatoms. The van der Waals surface area contributed by atoms with Crippen LogP contribution in [0.4, 0.5) is 0 Å². The number of hydrogen-bond donors (Lipinski definition) is 1. The molecule has 0 radical (unpaired) electrons. The molecule has 0 aliphatic rings. The second-order valence-corrected chi connectivity index (χ2v) is 3.35. The zero-order chi connectivity index (χ0) is 10.8. The van der Waals surface area contributed by atoms with Crippen LogP contribution in [-0.4, -0.2) is 9.97 Å². The van der Waals surface area contributed by atoms with Crippen molar-refractivity contribution < 1.29 is 4.42 Å². The predicted octanol–water partition coefficient (Wildman–Crippen LogP) is 1.90. The van der Waals surface area contributed by atoms with Gasteiger partial charge in [0.1, 0.15) is 12.1 Å². The summed E-state index contributed by atoms with van der Waals surface area (Å²) in [4.78, 5) is 18.7. The van der Waals surface area contributed by atoms with Crippen molar-refractivity contribution in [2.24, 2.45) is 0 Å². The highest BCUT2D eigenvalue weighted by atomic mass is 16.3. The monoisotopic (exact) mass is 204 g/mol. The van der Waals surface area contributed by atoms with Gasteiger partial charge in [0.25, 0.3) is 5.56 Å². The molecule has 4 nitrogen and oxygen atoms in total. The molecular formula is C11H12N2O2. The van der Waals surface area contributed by atoms with E-state index in [1.807, 2.05) is 6.92 Å². The molecule has 1 N–H and O–H groups in total. The van der Waals surface area contributed by atoms with Crippen molar-refractivity contribution in [2.75, 3.05) is 0 Å². The van der Waals surface area contributed by atoms with Crippen molar-refractivity contribution in [3.05, 3.63) is 40.2 Å². The predicted molar refractivity (Wildman–Crippen MR) is 56.7 cm³/mol. The molecule has 0 fully saturated rings. The van der Waals surface area contributed by atoms with Gasteiger partial charge in [-0.25, -0.2) is 4.98 Å². The summed E-state index contributed by atoms with van der Waals surface area (Å²) in [5.41, 5.74) is 2.22. The minimum atomic E-state index is -0.0851. The first-order valence-electron chi connectivity index (χ1n) is 4.84. The maximum Gasteiger partial charge on any atom is 0.254 e. The van der Waals surface area contributed by atoms with E-state index < -0.39 is 0 Å². The molecule has 0 aliphatic carbocycles. The average Bonchev–Trinajstić information content (AvgIpc) is 2.75. The molecule has 0 amide bonds. The second kappa shape index (κ2) is 3.73. The molecule has 2 heterocycles. The zero-order valence-corrected chi connectivity index (χ0v) is 8.70. The number of aromatic amines is 1. The third-order valence-corrected chi connectivity index (χ3v) is 2.38. The van der Waals surface area contributed by atoms with Gasteiger partial charge in [-0.2, -0.15) is 0 Å². The van der Waals surface area contributed by atoms with Crippen molar-refractivity contribution in [1.82, 2.24) is 9.97 Å². The van der Waals surface area contributed by atoms with Crippen molar-refractivity contribution in [3.8, 4) is 11.4 Å². The lowest BCUT2D eigenvalue weighted by Gasteiger charge is -2.03. The SMILES string of the molecule is CCc1nc(-c2ccoc2)[nH]c(=O)c1C. The summed E-state index contributed by atoms with van der Waals surface area (Å²) in [5.74, 6) is 0.566. The maximum atomic E-state index is 11.6. The van der Waals surface area contributed by atoms with Gasteiger partial charge in [0.15, 0.2) is 0 Å². The summed E-state index contributed by atoms with van der Waals surface area (Å²) < 4.78 is 4.95. The second-order valence-electron chi connectivity index (χ2n) is 3.35. The van der Waals surface area contributed by atoms with Gasteiger partial charge >= 0.3 is 0 Å². The summed E-state index contributed by atoms with van der Waals surface area (Å²) in [7, 11) is 0. The number of nitrogens with zero attached hydrogens (tertiary/aromatic N) is 1. The Morgan fingerprint density at radius 3 is 2.93 bits per heavy atom. The molecule has 0 spiro atoms. The third-order valence-electron chi connectivity index (χ3n) is 2.38. The molecule has 0 saturated carbocycles. The lowest BCUT2D eigenvalue weighted by Crippen LogP contribution is -2.15. The summed E-state index contributed by atoms with van der Waals surface area (Å²) in [6, 6.07) is 1.77. The summed E-state index contributed by atoms with van der Waals surface area (Å²) in [6.45, 7) is 3.76. The van der Waals surface area contributed by atoms with Crippen LogP contribution in [0.3, 0.4) is 0 Å². The van der Waals surface area contributed by atoms with E-state index in [-0.39, 0.29) is 5.56 Å². The Bertz CT molecular complexity index is 512. The van der Waals surface area contributed by atoms with E-state index in [1.54, 1.807) is 25.5 Å². The first-order chi connectivity index (χ1) is 7.22. The first kappa shape index (κ1) is 9.71. The Hall–Kier alpha value is -1.84. The quantitative estimate of drug-likeness (QED) is 0.812. The first-order valence-corrected chi connectivity index (χ1v) is 4.84. The minimum Gasteiger partial charge on any atom is -0.472 e. The molecule has 0 unspecified atom stereocenters. The maximum absolute atomic E-state index is 11.6. The Morgan fingerprint density at radius 1 is 1.53 bits per heavy atom. The number of rotatable bonds is 2. The topological polar surface area (TPSA) is 58.9 Å². The highest BCUT2D eigenvalue weighted by Gasteiger charge is 2.07. The highest BCUT2D eigenvalue weighted by molar-refractivity contribution is 5.52. The number of hydrogen-bond acceptors (Lipinski definition) is 3. The molecule has 0 aromatic carbocycles. The van der Waals surface area contributed by atoms with E-state index in [0.717, 1.165) is 17.7 Å². The zero-order valence-electron chi connectivity index (χ0n) is 8.70. The lowest BCUT2D eigenvalue weighted by molar-refractivity contribution is 0.568. The van der Waals surface area contributed by atoms with E-state index in [2.05, 4.69) is 9.97 Å². The number of aryl methyl sites for hydroxylation is 1. The van der Waals surface area contributed by atoms with Crippen LogP contribution in [-0.2, 0) is 6.42 Å². The fourth-order valence-electron chi connectivity index (χ4n) is 1.46. The van der Waals surface area contributed by atoms with Crippen LogP contribution in [0.25, 0.3) is 11.4 Å². The Labute approximate surface area is 87.0 Å². The molecule has 0 bridgehead atoms. The summed E-state index contributed by atoms with van der Waals surface area (Å²) >= 11 is 0. The fourth-order valence-corrected chi connectivity index (χ4v) is 1.46. The standard InChI is InChI=1S/C11H12N2O2/c1-3-9-7(2)11(14)13-10(12-9)8-4-5-15-6-8/h4-6H,3H2,1-2H3,(H,12,13,14). The number of H-pyrrole nitrogens is 1. The average molecular weight is 204 g/mol. The Kier molecular flexibility index (Phi) is 2.41. The van der Waals surface area contributed by atoms with Crippen molar-refractivity contribution in [2.45, 2.75) is 20.3 Å². The molecule has 15 heavy (non-hydrogen) atoms. The van der Waals surface area contributed by atoms with Gasteiger partial charge in [0.05, 0.1) is 17.5 Å². The van der Waals surface area contributed by atoms with Gasteiger partial charge in [0.2, 0.25) is 0 Å². The van der Waals surface area contributed by atoms with Crippen molar-refractivity contribution in [3.63, 3.8) is 0 Å². The van der Waals surface area contributed by atoms with Gasteiger partial charge in [-0.3, -0.25) is 4.79 Å². The van der Waals surface area contributed by atoms with E-state index in [9.17, 15) is 4.79 Å². The van der Waals surface area contributed by atoms with Crippen LogP contribution in [0.15, 0.2) is 27.8 Å². The summed E-state index contributed by atoms with van der Waals surface area (Å²) in [5, 5.41) is 0. The van der Waals surface area contributed by atoms with Gasteiger partial charge in [-0.1, -0.05) is 6.92 Å². The van der Waals surface area contributed by atoms with E-state index >= 15 is 0 Å². The van der Waals surface area contributed by atoms with Crippen LogP contribution in [0.5, 0.6) is 0 Å². The smallest absolute Gasteiger partial charge is 0.254 e. The van der Waals surface area contributed by atoms with Crippen LogP contribution in [0.1, 0.15) is 18.2 Å². The lowest BCUT2D eigenvalue weighted by atomic mass is 10.2. The molecule has 0 atom stereocenters. The van der Waals surface area contributed by atoms with Crippen LogP contribution in [0.2, 0.25) is 0 Å². The van der Waals surface area contributed by atoms with Crippen LogP contribution >= 0.6 is 0 Å². The minimum absolute atomic E-state index is 0.0851. The van der Waals surface area contributed by atoms with E-state index in [1.165, 1.54) is 0 Å². The molecule has 78 valence electrons. The van der Waals surface area contributed by atoms with Crippen molar-refractivity contribution >= 4 is 0 Å². The Balaban J connectivity index is 2.61. The molecule has 2 aromatic rings. The summed E-state index contributed by atoms with van der Waals surface area (Å²) in [6.07, 6.45) is 3.87. The number of nitrogens with one attached hydrogen (secondary N) is 1. The number of furan rings is 1. The van der Waals surface area contributed by atoms with Gasteiger partial charge in [-0.05, 0) is 19.4 Å². The molecule has 2 rings (SSSR count). The largest absolute Gasteiger partial charge is 0.472 e. The highest BCUT2D eigenvalue weighted by Crippen LogP contribution is 2.14. The van der Waals surface area contributed by atoms with Gasteiger partial charge < -0.3 is 9.40 Å². The molecule has 0 saturated heterocycles. The normalized spacial score (nSPS) is 10.5. The van der Waals surface area contributed by atoms with E-state index in [4.69, 9.17) is 4.42 Å². The van der Waals surface area contributed by atoms with Crippen molar-refractivity contribution in [1.29, 1.82) is 0 Å². The van der Waals surface area contributed by atoms with E-state index in [0.29, 0.717) is 11.4 Å². The fraction of sp³-hybridized carbons (Fsp3) is 0.273. The Morgan fingerprint density at radius 2 is 2.33 bits per heavy atom. The van der Waals surface area contributed by atoms with Gasteiger partial charge in [0, 0.05) is 5.56 Å². The molecule has 2 aromatic heterocycles. The van der Waals surface area contributed by atoms with Crippen LogP contribution in [0, 0.1) is 6.92 Å².